The molecule has 3 aromatic rings. The number of benzene rings is 1. The molecule has 2 heteroatoms. The van der Waals surface area contributed by atoms with Gasteiger partial charge in [0.1, 0.15) is 0 Å². The van der Waals surface area contributed by atoms with Crippen molar-refractivity contribution in [2.45, 2.75) is 6.92 Å². The van der Waals surface area contributed by atoms with Crippen LogP contribution in [-0.2, 0) is 0 Å². The third-order valence-electron chi connectivity index (χ3n) is 2.79. The number of rotatable bonds is 2. The Bertz CT molecular complexity index is 603. The van der Waals surface area contributed by atoms with E-state index in [1.54, 1.807) is 0 Å². The van der Waals surface area contributed by atoms with Gasteiger partial charge in [0, 0.05) is 27.8 Å². The monoisotopic (exact) mass is 239 g/mol. The van der Waals surface area contributed by atoms with Gasteiger partial charge in [-0.2, -0.15) is 0 Å². The van der Waals surface area contributed by atoms with Crippen molar-refractivity contribution >= 4 is 11.3 Å². The second kappa shape index (κ2) is 4.22. The van der Waals surface area contributed by atoms with Gasteiger partial charge in [0.25, 0.3) is 0 Å². The predicted octanol–water partition coefficient (Wildman–Crippen LogP) is 4.51. The summed E-state index contributed by atoms with van der Waals surface area (Å²) in [5.74, 6) is 0. The van der Waals surface area contributed by atoms with E-state index in [1.807, 2.05) is 23.5 Å². The van der Waals surface area contributed by atoms with Crippen LogP contribution in [-0.4, -0.2) is 4.57 Å². The Labute approximate surface area is 105 Å². The third-order valence-corrected chi connectivity index (χ3v) is 3.84. The maximum atomic E-state index is 2.19. The second-order valence-corrected chi connectivity index (χ2v) is 5.34. The molecule has 0 aliphatic heterocycles. The Hall–Kier alpha value is -1.80. The highest BCUT2D eigenvalue weighted by Gasteiger charge is 2.01. The standard InChI is InChI=1S/C15H13NS/c1-12-4-9-15(17-12)13-5-7-14(8-6-13)16-10-2-3-11-16/h2-11H,1H3. The predicted molar refractivity (Wildman–Crippen MR) is 73.8 cm³/mol. The molecule has 1 aromatic carbocycles. The van der Waals surface area contributed by atoms with Crippen LogP contribution in [0, 0.1) is 6.92 Å². The first kappa shape index (κ1) is 10.4. The van der Waals surface area contributed by atoms with Crippen molar-refractivity contribution in [1.82, 2.24) is 4.57 Å². The van der Waals surface area contributed by atoms with Crippen molar-refractivity contribution in [2.75, 3.05) is 0 Å². The zero-order valence-corrected chi connectivity index (χ0v) is 10.4. The fourth-order valence-electron chi connectivity index (χ4n) is 1.89. The normalized spacial score (nSPS) is 10.6. The molecule has 1 nitrogen and oxygen atoms in total. The summed E-state index contributed by atoms with van der Waals surface area (Å²) < 4.78 is 2.11. The second-order valence-electron chi connectivity index (χ2n) is 4.05. The summed E-state index contributed by atoms with van der Waals surface area (Å²) in [6.07, 6.45) is 4.12. The van der Waals surface area contributed by atoms with E-state index in [9.17, 15) is 0 Å². The van der Waals surface area contributed by atoms with Gasteiger partial charge >= 0.3 is 0 Å². The first-order chi connectivity index (χ1) is 8.33. The Morgan fingerprint density at radius 3 is 2.18 bits per heavy atom. The number of thiophene rings is 1. The third kappa shape index (κ3) is 2.04. The number of hydrogen-bond donors (Lipinski definition) is 0. The lowest BCUT2D eigenvalue weighted by Gasteiger charge is -2.03. The Kier molecular flexibility index (Phi) is 2.57. The molecular formula is C15H13NS. The molecule has 0 saturated heterocycles. The minimum Gasteiger partial charge on any atom is -0.324 e. The maximum Gasteiger partial charge on any atom is 0.0449 e. The van der Waals surface area contributed by atoms with Gasteiger partial charge in [-0.25, -0.2) is 0 Å². The lowest BCUT2D eigenvalue weighted by Crippen LogP contribution is -1.88. The molecule has 0 amide bonds. The van der Waals surface area contributed by atoms with E-state index in [1.165, 1.54) is 21.0 Å². The molecule has 0 spiro atoms. The highest BCUT2D eigenvalue weighted by Crippen LogP contribution is 2.28. The van der Waals surface area contributed by atoms with Crippen molar-refractivity contribution < 1.29 is 0 Å². The maximum absolute atomic E-state index is 2.19. The van der Waals surface area contributed by atoms with Crippen molar-refractivity contribution in [2.24, 2.45) is 0 Å². The Morgan fingerprint density at radius 1 is 0.882 bits per heavy atom. The molecule has 0 unspecified atom stereocenters. The van der Waals surface area contributed by atoms with Gasteiger partial charge in [-0.15, -0.1) is 11.3 Å². The molecule has 3 rings (SSSR count). The molecule has 0 N–H and O–H groups in total. The van der Waals surface area contributed by atoms with Crippen LogP contribution in [0.3, 0.4) is 0 Å². The van der Waals surface area contributed by atoms with Crippen molar-refractivity contribution in [3.63, 3.8) is 0 Å². The molecule has 0 radical (unpaired) electrons. The molecule has 2 heterocycles. The van der Waals surface area contributed by atoms with Gasteiger partial charge in [-0.1, -0.05) is 12.1 Å². The number of nitrogens with zero attached hydrogens (tertiary/aromatic N) is 1. The van der Waals surface area contributed by atoms with Crippen LogP contribution in [0.1, 0.15) is 4.88 Å². The van der Waals surface area contributed by atoms with Crippen LogP contribution in [0.25, 0.3) is 16.1 Å². The summed E-state index contributed by atoms with van der Waals surface area (Å²) in [7, 11) is 0. The topological polar surface area (TPSA) is 4.93 Å². The molecule has 0 aliphatic carbocycles. The molecule has 0 saturated carbocycles. The first-order valence-electron chi connectivity index (χ1n) is 5.63. The molecule has 0 aliphatic rings. The molecule has 2 aromatic heterocycles. The van der Waals surface area contributed by atoms with E-state index in [2.05, 4.69) is 60.3 Å². The zero-order chi connectivity index (χ0) is 11.7. The van der Waals surface area contributed by atoms with Crippen LogP contribution in [0.4, 0.5) is 0 Å². The van der Waals surface area contributed by atoms with Crippen LogP contribution in [0.2, 0.25) is 0 Å². The molecule has 0 fully saturated rings. The largest absolute Gasteiger partial charge is 0.324 e. The summed E-state index contributed by atoms with van der Waals surface area (Å²) in [5, 5.41) is 0. The van der Waals surface area contributed by atoms with Gasteiger partial charge in [0.2, 0.25) is 0 Å². The number of aryl methyl sites for hydroxylation is 1. The zero-order valence-electron chi connectivity index (χ0n) is 9.63. The molecule has 0 bridgehead atoms. The highest BCUT2D eigenvalue weighted by atomic mass is 32.1. The summed E-state index contributed by atoms with van der Waals surface area (Å²) in [6, 6.07) is 17.1. The lowest BCUT2D eigenvalue weighted by molar-refractivity contribution is 1.08. The smallest absolute Gasteiger partial charge is 0.0449 e. The minimum absolute atomic E-state index is 1.20. The number of hydrogen-bond acceptors (Lipinski definition) is 1. The van der Waals surface area contributed by atoms with Crippen LogP contribution >= 0.6 is 11.3 Å². The van der Waals surface area contributed by atoms with Gasteiger partial charge in [0.15, 0.2) is 0 Å². The van der Waals surface area contributed by atoms with E-state index in [0.29, 0.717) is 0 Å². The fourth-order valence-corrected chi connectivity index (χ4v) is 2.77. The van der Waals surface area contributed by atoms with Gasteiger partial charge in [-0.3, -0.25) is 0 Å². The van der Waals surface area contributed by atoms with Crippen molar-refractivity contribution in [1.29, 1.82) is 0 Å². The minimum atomic E-state index is 1.20. The Balaban J connectivity index is 1.95. The molecule has 0 atom stereocenters. The SMILES string of the molecule is Cc1ccc(-c2ccc(-n3cccc3)cc2)s1. The van der Waals surface area contributed by atoms with Crippen molar-refractivity contribution in [3.8, 4) is 16.1 Å². The lowest BCUT2D eigenvalue weighted by atomic mass is 10.2. The van der Waals surface area contributed by atoms with Gasteiger partial charge < -0.3 is 4.57 Å². The Morgan fingerprint density at radius 2 is 1.59 bits per heavy atom. The van der Waals surface area contributed by atoms with Gasteiger partial charge in [0.05, 0.1) is 0 Å². The average molecular weight is 239 g/mol. The summed E-state index contributed by atoms with van der Waals surface area (Å²) in [6.45, 7) is 2.14. The van der Waals surface area contributed by atoms with Crippen LogP contribution in [0.15, 0.2) is 60.9 Å². The van der Waals surface area contributed by atoms with Crippen LogP contribution < -0.4 is 0 Å². The van der Waals surface area contributed by atoms with E-state index >= 15 is 0 Å². The van der Waals surface area contributed by atoms with E-state index in [0.717, 1.165) is 0 Å². The summed E-state index contributed by atoms with van der Waals surface area (Å²) in [5.41, 5.74) is 2.49. The average Bonchev–Trinajstić information content (AvgIpc) is 3.00. The number of aromatic nitrogens is 1. The summed E-state index contributed by atoms with van der Waals surface area (Å²) in [4.78, 5) is 2.69. The van der Waals surface area contributed by atoms with E-state index in [-0.39, 0.29) is 0 Å². The van der Waals surface area contributed by atoms with Gasteiger partial charge in [-0.05, 0) is 48.9 Å². The van der Waals surface area contributed by atoms with E-state index in [4.69, 9.17) is 0 Å². The van der Waals surface area contributed by atoms with E-state index < -0.39 is 0 Å². The molecule has 17 heavy (non-hydrogen) atoms. The van der Waals surface area contributed by atoms with Crippen molar-refractivity contribution in [3.05, 3.63) is 65.8 Å². The molecule has 84 valence electrons. The fraction of sp³-hybridized carbons (Fsp3) is 0.0667. The first-order valence-corrected chi connectivity index (χ1v) is 6.45. The van der Waals surface area contributed by atoms with Crippen LogP contribution in [0.5, 0.6) is 0 Å². The highest BCUT2D eigenvalue weighted by molar-refractivity contribution is 7.15. The molecular weight excluding hydrogens is 226 g/mol. The quantitative estimate of drug-likeness (QED) is 0.620. The summed E-state index contributed by atoms with van der Waals surface area (Å²) >= 11 is 1.84.